The van der Waals surface area contributed by atoms with Gasteiger partial charge in [0.15, 0.2) is 0 Å². The van der Waals surface area contributed by atoms with E-state index in [2.05, 4.69) is 4.98 Å². The van der Waals surface area contributed by atoms with E-state index in [0.29, 0.717) is 37.1 Å². The number of nitrogens with zero attached hydrogens (tertiary/aromatic N) is 4. The molecule has 0 N–H and O–H groups in total. The molecule has 3 heterocycles. The summed E-state index contributed by atoms with van der Waals surface area (Å²) in [6, 6.07) is 5.65. The number of ether oxygens (including phenoxy) is 1. The van der Waals surface area contributed by atoms with Crippen LogP contribution in [0.3, 0.4) is 0 Å². The van der Waals surface area contributed by atoms with Crippen LogP contribution in [0, 0.1) is 0 Å². The first-order valence-corrected chi connectivity index (χ1v) is 9.28. The van der Waals surface area contributed by atoms with Crippen LogP contribution >= 0.6 is 11.6 Å². The van der Waals surface area contributed by atoms with Crippen LogP contribution in [0.1, 0.15) is 6.42 Å². The molecule has 28 heavy (non-hydrogen) atoms. The normalized spacial score (nSPS) is 20.2. The summed E-state index contributed by atoms with van der Waals surface area (Å²) in [5.74, 6) is 0.353. The first kappa shape index (κ1) is 19.1. The van der Waals surface area contributed by atoms with E-state index in [1.165, 1.54) is 34.9 Å². The van der Waals surface area contributed by atoms with E-state index in [9.17, 15) is 18.0 Å². The molecule has 10 heteroatoms. The molecule has 1 aromatic heterocycles. The first-order chi connectivity index (χ1) is 13.3. The number of hydrogen-bond acceptors (Lipinski definition) is 5. The first-order valence-electron chi connectivity index (χ1n) is 8.91. The van der Waals surface area contributed by atoms with Crippen molar-refractivity contribution in [2.24, 2.45) is 0 Å². The lowest BCUT2D eigenvalue weighted by molar-refractivity contribution is -0.150. The van der Waals surface area contributed by atoms with Gasteiger partial charge in [0.05, 0.1) is 13.2 Å². The molecule has 0 aliphatic carbocycles. The summed E-state index contributed by atoms with van der Waals surface area (Å²) in [4.78, 5) is 20.1. The number of benzene rings is 1. The van der Waals surface area contributed by atoms with E-state index < -0.39 is 12.2 Å². The van der Waals surface area contributed by atoms with Crippen LogP contribution < -0.4 is 15.4 Å². The van der Waals surface area contributed by atoms with Crippen LogP contribution in [-0.4, -0.2) is 48.1 Å². The Kier molecular flexibility index (Phi) is 4.96. The Morgan fingerprint density at radius 2 is 1.79 bits per heavy atom. The molecule has 4 rings (SSSR count). The van der Waals surface area contributed by atoms with Crippen LogP contribution in [0.25, 0.3) is 0 Å². The third kappa shape index (κ3) is 3.56. The lowest BCUT2D eigenvalue weighted by atomic mass is 10.1. The number of fused-ring (bicyclic) bond motifs is 1. The van der Waals surface area contributed by atoms with Gasteiger partial charge in [0, 0.05) is 36.4 Å². The Balaban J connectivity index is 1.85. The second-order valence-electron chi connectivity index (χ2n) is 6.70. The van der Waals surface area contributed by atoms with E-state index in [4.69, 9.17) is 16.3 Å². The molecule has 2 aromatic rings. The zero-order valence-corrected chi connectivity index (χ0v) is 15.6. The van der Waals surface area contributed by atoms with Crippen LogP contribution in [0.5, 0.6) is 0 Å². The fraction of sp³-hybridized carbons (Fsp3) is 0.444. The minimum Gasteiger partial charge on any atom is -0.378 e. The molecule has 2 aliphatic heterocycles. The van der Waals surface area contributed by atoms with Gasteiger partial charge in [-0.3, -0.25) is 14.3 Å². The van der Waals surface area contributed by atoms with Crippen LogP contribution in [-0.2, 0) is 11.3 Å². The highest BCUT2D eigenvalue weighted by Gasteiger charge is 2.47. The Hall–Kier alpha value is -2.26. The standard InChI is InChI=1S/C18H18ClF3N4O2/c19-12-1-3-13(4-2-12)26-14(18(20,21)22)5-6-25-16(27)11-15(23-17(25)26)24-7-9-28-10-8-24/h1-4,11,14H,5-10H2/t14-/m0/s1. The largest absolute Gasteiger partial charge is 0.409 e. The van der Waals surface area contributed by atoms with Crippen molar-refractivity contribution in [1.29, 1.82) is 0 Å². The van der Waals surface area contributed by atoms with Gasteiger partial charge in [0.25, 0.3) is 5.56 Å². The Labute approximate surface area is 164 Å². The number of halogens is 4. The van der Waals surface area contributed by atoms with Gasteiger partial charge in [-0.1, -0.05) is 11.6 Å². The van der Waals surface area contributed by atoms with Gasteiger partial charge >= 0.3 is 6.18 Å². The Morgan fingerprint density at radius 3 is 2.43 bits per heavy atom. The molecule has 6 nitrogen and oxygen atoms in total. The average molecular weight is 415 g/mol. The minimum atomic E-state index is -4.47. The summed E-state index contributed by atoms with van der Waals surface area (Å²) in [7, 11) is 0. The van der Waals surface area contributed by atoms with Crippen molar-refractivity contribution in [3.8, 4) is 0 Å². The summed E-state index contributed by atoms with van der Waals surface area (Å²) in [6.45, 7) is 1.97. The molecular weight excluding hydrogens is 397 g/mol. The quantitative estimate of drug-likeness (QED) is 0.755. The van der Waals surface area contributed by atoms with Crippen molar-refractivity contribution in [3.63, 3.8) is 0 Å². The number of rotatable bonds is 2. The smallest absolute Gasteiger partial charge is 0.378 e. The highest BCUT2D eigenvalue weighted by molar-refractivity contribution is 6.30. The molecule has 2 aliphatic rings. The van der Waals surface area contributed by atoms with Gasteiger partial charge in [-0.05, 0) is 30.7 Å². The Morgan fingerprint density at radius 1 is 1.11 bits per heavy atom. The lowest BCUT2D eigenvalue weighted by Gasteiger charge is -2.39. The molecule has 1 fully saturated rings. The molecule has 0 radical (unpaired) electrons. The second-order valence-corrected chi connectivity index (χ2v) is 7.13. The molecule has 1 atom stereocenters. The van der Waals surface area contributed by atoms with Crippen molar-refractivity contribution in [1.82, 2.24) is 9.55 Å². The van der Waals surface area contributed by atoms with E-state index in [1.54, 1.807) is 0 Å². The number of hydrogen-bond donors (Lipinski definition) is 0. The number of morpholine rings is 1. The summed E-state index contributed by atoms with van der Waals surface area (Å²) >= 11 is 5.90. The lowest BCUT2D eigenvalue weighted by Crippen LogP contribution is -2.50. The van der Waals surface area contributed by atoms with E-state index in [1.807, 2.05) is 4.90 Å². The highest BCUT2D eigenvalue weighted by Crippen LogP contribution is 2.39. The number of alkyl halides is 3. The molecule has 0 unspecified atom stereocenters. The molecule has 1 aromatic carbocycles. The maximum Gasteiger partial charge on any atom is 0.409 e. The van der Waals surface area contributed by atoms with Crippen molar-refractivity contribution in [2.75, 3.05) is 36.1 Å². The van der Waals surface area contributed by atoms with Crippen molar-refractivity contribution in [2.45, 2.75) is 25.2 Å². The summed E-state index contributed by atoms with van der Waals surface area (Å²) in [5.41, 5.74) is -0.0858. The highest BCUT2D eigenvalue weighted by atomic mass is 35.5. The van der Waals surface area contributed by atoms with Gasteiger partial charge in [-0.25, -0.2) is 0 Å². The van der Waals surface area contributed by atoms with Gasteiger partial charge in [-0.15, -0.1) is 0 Å². The third-order valence-corrected chi connectivity index (χ3v) is 5.20. The third-order valence-electron chi connectivity index (χ3n) is 4.95. The number of aromatic nitrogens is 2. The second kappa shape index (κ2) is 7.29. The maximum atomic E-state index is 13.8. The van der Waals surface area contributed by atoms with Crippen LogP contribution in [0.15, 0.2) is 35.1 Å². The summed E-state index contributed by atoms with van der Waals surface area (Å²) in [5, 5.41) is 0.414. The van der Waals surface area contributed by atoms with Gasteiger partial charge in [0.2, 0.25) is 5.95 Å². The predicted molar refractivity (Wildman–Crippen MR) is 99.6 cm³/mol. The molecule has 0 spiro atoms. The summed E-state index contributed by atoms with van der Waals surface area (Å²) in [6.07, 6.45) is -4.71. The molecule has 0 bridgehead atoms. The van der Waals surface area contributed by atoms with Gasteiger partial charge in [0.1, 0.15) is 11.9 Å². The monoisotopic (exact) mass is 414 g/mol. The van der Waals surface area contributed by atoms with Crippen molar-refractivity contribution in [3.05, 3.63) is 45.7 Å². The molecular formula is C18H18ClF3N4O2. The molecule has 0 amide bonds. The van der Waals surface area contributed by atoms with Gasteiger partial charge < -0.3 is 9.64 Å². The zero-order valence-electron chi connectivity index (χ0n) is 14.8. The van der Waals surface area contributed by atoms with Crippen LogP contribution in [0.4, 0.5) is 30.6 Å². The Bertz CT molecular complexity index is 911. The zero-order chi connectivity index (χ0) is 19.9. The van der Waals surface area contributed by atoms with Gasteiger partial charge in [-0.2, -0.15) is 18.2 Å². The van der Waals surface area contributed by atoms with E-state index in [0.717, 1.165) is 4.90 Å². The van der Waals surface area contributed by atoms with Crippen molar-refractivity contribution < 1.29 is 17.9 Å². The topological polar surface area (TPSA) is 50.6 Å². The maximum absolute atomic E-state index is 13.8. The fourth-order valence-electron chi connectivity index (χ4n) is 3.56. The molecule has 1 saturated heterocycles. The van der Waals surface area contributed by atoms with E-state index in [-0.39, 0.29) is 30.2 Å². The average Bonchev–Trinajstić information content (AvgIpc) is 2.68. The molecule has 150 valence electrons. The SMILES string of the molecule is O=c1cc(N2CCOCC2)nc2n1CC[C@@H](C(F)(F)F)N2c1ccc(Cl)cc1. The van der Waals surface area contributed by atoms with Crippen LogP contribution in [0.2, 0.25) is 5.02 Å². The summed E-state index contributed by atoms with van der Waals surface area (Å²) < 4.78 is 48.0. The minimum absolute atomic E-state index is 0.00936. The molecule has 0 saturated carbocycles. The predicted octanol–water partition coefficient (Wildman–Crippen LogP) is 3.21. The fourth-order valence-corrected chi connectivity index (χ4v) is 3.68. The number of anilines is 3. The van der Waals surface area contributed by atoms with Crippen molar-refractivity contribution >= 4 is 29.1 Å². The van der Waals surface area contributed by atoms with E-state index >= 15 is 0 Å².